The number of imidazole rings is 1. The summed E-state index contributed by atoms with van der Waals surface area (Å²) in [4.78, 5) is 20.3. The van der Waals surface area contributed by atoms with Gasteiger partial charge in [-0.1, -0.05) is 24.3 Å². The molecule has 0 radical (unpaired) electrons. The van der Waals surface area contributed by atoms with Gasteiger partial charge in [0, 0.05) is 11.1 Å². The molecule has 3 aromatic carbocycles. The average molecular weight is 331 g/mol. The van der Waals surface area contributed by atoms with Crippen molar-refractivity contribution >= 4 is 22.6 Å². The van der Waals surface area contributed by atoms with E-state index in [9.17, 15) is 9.18 Å². The molecule has 0 unspecified atom stereocenters. The number of fused-ring (bicyclic) bond motifs is 1. The van der Waals surface area contributed by atoms with E-state index >= 15 is 0 Å². The first-order chi connectivity index (χ1) is 12.2. The molecule has 0 atom stereocenters. The molecule has 0 aliphatic heterocycles. The highest BCUT2D eigenvalue weighted by atomic mass is 19.1. The molecule has 0 fully saturated rings. The van der Waals surface area contributed by atoms with Gasteiger partial charge < -0.3 is 10.3 Å². The number of carbonyl (C=O) groups is 1. The molecule has 4 nitrogen and oxygen atoms in total. The Kier molecular flexibility index (Phi) is 3.74. The number of carbonyl (C=O) groups excluding carboxylic acids is 1. The predicted molar refractivity (Wildman–Crippen MR) is 95.9 cm³/mol. The molecule has 0 aliphatic rings. The summed E-state index contributed by atoms with van der Waals surface area (Å²) in [6, 6.07) is 20.6. The normalized spacial score (nSPS) is 10.8. The minimum Gasteiger partial charge on any atom is -0.338 e. The third kappa shape index (κ3) is 2.99. The van der Waals surface area contributed by atoms with Crippen molar-refractivity contribution in [2.24, 2.45) is 0 Å². The zero-order valence-corrected chi connectivity index (χ0v) is 13.2. The minimum absolute atomic E-state index is 0.302. The predicted octanol–water partition coefficient (Wildman–Crippen LogP) is 4.62. The number of anilines is 1. The van der Waals surface area contributed by atoms with E-state index in [4.69, 9.17) is 0 Å². The third-order valence-electron chi connectivity index (χ3n) is 3.93. The van der Waals surface area contributed by atoms with Crippen LogP contribution in [0.4, 0.5) is 10.1 Å². The summed E-state index contributed by atoms with van der Waals surface area (Å²) in [5.41, 5.74) is 3.60. The molecule has 0 spiro atoms. The van der Waals surface area contributed by atoms with Gasteiger partial charge in [0.15, 0.2) is 0 Å². The van der Waals surface area contributed by atoms with Crippen molar-refractivity contribution < 1.29 is 9.18 Å². The van der Waals surface area contributed by atoms with Crippen molar-refractivity contribution in [3.8, 4) is 11.4 Å². The number of benzene rings is 3. The average Bonchev–Trinajstić information content (AvgIpc) is 3.06. The summed E-state index contributed by atoms with van der Waals surface area (Å²) >= 11 is 0. The number of aromatic nitrogens is 2. The quantitative estimate of drug-likeness (QED) is 0.575. The second-order valence-electron chi connectivity index (χ2n) is 5.61. The zero-order chi connectivity index (χ0) is 17.2. The van der Waals surface area contributed by atoms with Gasteiger partial charge in [-0.05, 0) is 48.5 Å². The zero-order valence-electron chi connectivity index (χ0n) is 13.2. The molecule has 4 aromatic rings. The lowest BCUT2D eigenvalue weighted by atomic mass is 10.1. The van der Waals surface area contributed by atoms with E-state index in [1.54, 1.807) is 0 Å². The van der Waals surface area contributed by atoms with Gasteiger partial charge in [0.05, 0.1) is 16.7 Å². The van der Waals surface area contributed by atoms with Crippen molar-refractivity contribution in [2.45, 2.75) is 0 Å². The molecule has 1 aromatic heterocycles. The van der Waals surface area contributed by atoms with Crippen LogP contribution in [0.15, 0.2) is 72.8 Å². The first-order valence-electron chi connectivity index (χ1n) is 7.82. The first-order valence-corrected chi connectivity index (χ1v) is 7.82. The molecule has 0 aliphatic carbocycles. The number of halogens is 1. The second kappa shape index (κ2) is 6.20. The number of amides is 1. The van der Waals surface area contributed by atoms with Crippen LogP contribution < -0.4 is 5.32 Å². The molecule has 0 saturated heterocycles. The molecule has 0 bridgehead atoms. The van der Waals surface area contributed by atoms with E-state index in [1.807, 2.05) is 48.5 Å². The third-order valence-corrected chi connectivity index (χ3v) is 3.93. The van der Waals surface area contributed by atoms with Crippen molar-refractivity contribution in [2.75, 3.05) is 5.32 Å². The molecule has 1 amide bonds. The summed E-state index contributed by atoms with van der Waals surface area (Å²) in [6.07, 6.45) is 0. The van der Waals surface area contributed by atoms with Gasteiger partial charge in [-0.3, -0.25) is 4.79 Å². The summed E-state index contributed by atoms with van der Waals surface area (Å²) in [7, 11) is 0. The smallest absolute Gasteiger partial charge is 0.255 e. The van der Waals surface area contributed by atoms with Crippen LogP contribution in [-0.2, 0) is 0 Å². The largest absolute Gasteiger partial charge is 0.338 e. The number of H-pyrrole nitrogens is 1. The number of rotatable bonds is 3. The molecule has 0 saturated carbocycles. The van der Waals surface area contributed by atoms with E-state index < -0.39 is 0 Å². The maximum atomic E-state index is 13.0. The number of hydrogen-bond donors (Lipinski definition) is 2. The fraction of sp³-hybridized carbons (Fsp3) is 0. The van der Waals surface area contributed by atoms with Gasteiger partial charge in [0.2, 0.25) is 0 Å². The van der Waals surface area contributed by atoms with E-state index in [0.29, 0.717) is 17.1 Å². The van der Waals surface area contributed by atoms with Crippen LogP contribution in [0.1, 0.15) is 10.4 Å². The molecule has 2 N–H and O–H groups in total. The number of aromatic amines is 1. The van der Waals surface area contributed by atoms with E-state index in [-0.39, 0.29) is 11.7 Å². The highest BCUT2D eigenvalue weighted by Gasteiger charge is 2.13. The van der Waals surface area contributed by atoms with Crippen LogP contribution in [-0.4, -0.2) is 15.9 Å². The molecule has 25 heavy (non-hydrogen) atoms. The maximum absolute atomic E-state index is 13.0. The summed E-state index contributed by atoms with van der Waals surface area (Å²) < 4.78 is 13.0. The number of hydrogen-bond acceptors (Lipinski definition) is 2. The lowest BCUT2D eigenvalue weighted by molar-refractivity contribution is 0.102. The van der Waals surface area contributed by atoms with Gasteiger partial charge in [-0.2, -0.15) is 0 Å². The Bertz CT molecular complexity index is 1020. The molecule has 4 rings (SSSR count). The van der Waals surface area contributed by atoms with Crippen LogP contribution in [0, 0.1) is 5.82 Å². The maximum Gasteiger partial charge on any atom is 0.255 e. The fourth-order valence-corrected chi connectivity index (χ4v) is 2.67. The highest BCUT2D eigenvalue weighted by molar-refractivity contribution is 6.06. The lowest BCUT2D eigenvalue weighted by Gasteiger charge is -2.09. The lowest BCUT2D eigenvalue weighted by Crippen LogP contribution is -2.12. The topological polar surface area (TPSA) is 57.8 Å². The summed E-state index contributed by atoms with van der Waals surface area (Å²) in [5.74, 6) is -0.000932. The monoisotopic (exact) mass is 331 g/mol. The van der Waals surface area contributed by atoms with Crippen molar-refractivity contribution in [3.05, 3.63) is 84.2 Å². The Morgan fingerprint density at radius 2 is 1.64 bits per heavy atom. The Balaban J connectivity index is 1.69. The summed E-state index contributed by atoms with van der Waals surface area (Å²) in [5, 5.41) is 2.87. The van der Waals surface area contributed by atoms with Crippen molar-refractivity contribution in [1.82, 2.24) is 9.97 Å². The number of nitrogens with zero attached hydrogens (tertiary/aromatic N) is 1. The molecule has 5 heteroatoms. The Hall–Kier alpha value is -3.47. The van der Waals surface area contributed by atoms with E-state index in [1.165, 1.54) is 24.3 Å². The van der Waals surface area contributed by atoms with E-state index in [2.05, 4.69) is 15.3 Å². The molecular formula is C20H14FN3O. The first kappa shape index (κ1) is 15.1. The second-order valence-corrected chi connectivity index (χ2v) is 5.61. The van der Waals surface area contributed by atoms with Crippen LogP contribution in [0.2, 0.25) is 0 Å². The van der Waals surface area contributed by atoms with Crippen LogP contribution in [0.5, 0.6) is 0 Å². The SMILES string of the molecule is O=C(Nc1ccccc1-c1nc2ccccc2[nH]1)c1ccc(F)cc1. The standard InChI is InChI=1S/C20H14FN3O/c21-14-11-9-13(10-12-14)20(25)24-16-6-2-1-5-15(16)19-22-17-7-3-4-8-18(17)23-19/h1-12H,(H,22,23)(H,24,25). The number of para-hydroxylation sites is 3. The Morgan fingerprint density at radius 3 is 2.44 bits per heavy atom. The van der Waals surface area contributed by atoms with Gasteiger partial charge in [0.1, 0.15) is 11.6 Å². The van der Waals surface area contributed by atoms with Crippen LogP contribution >= 0.6 is 0 Å². The van der Waals surface area contributed by atoms with Crippen LogP contribution in [0.25, 0.3) is 22.4 Å². The minimum atomic E-state index is -0.376. The number of nitrogens with one attached hydrogen (secondary N) is 2. The Labute approximate surface area is 143 Å². The van der Waals surface area contributed by atoms with Gasteiger partial charge in [-0.25, -0.2) is 9.37 Å². The molecular weight excluding hydrogens is 317 g/mol. The van der Waals surface area contributed by atoms with Crippen LogP contribution in [0.3, 0.4) is 0 Å². The molecule has 1 heterocycles. The Morgan fingerprint density at radius 1 is 0.920 bits per heavy atom. The van der Waals surface area contributed by atoms with E-state index in [0.717, 1.165) is 16.6 Å². The van der Waals surface area contributed by atoms with Gasteiger partial charge >= 0.3 is 0 Å². The fourth-order valence-electron chi connectivity index (χ4n) is 2.67. The van der Waals surface area contributed by atoms with Crippen molar-refractivity contribution in [1.29, 1.82) is 0 Å². The highest BCUT2D eigenvalue weighted by Crippen LogP contribution is 2.27. The molecule has 122 valence electrons. The van der Waals surface area contributed by atoms with Crippen molar-refractivity contribution in [3.63, 3.8) is 0 Å². The summed E-state index contributed by atoms with van der Waals surface area (Å²) in [6.45, 7) is 0. The van der Waals surface area contributed by atoms with Gasteiger partial charge in [0.25, 0.3) is 5.91 Å². The van der Waals surface area contributed by atoms with Gasteiger partial charge in [-0.15, -0.1) is 0 Å².